The smallest absolute Gasteiger partial charge is 0.309 e. The van der Waals surface area contributed by atoms with Crippen molar-refractivity contribution in [3.8, 4) is 0 Å². The number of hydrogen-bond acceptors (Lipinski definition) is 3. The van der Waals surface area contributed by atoms with Crippen molar-refractivity contribution in [2.75, 3.05) is 6.54 Å². The summed E-state index contributed by atoms with van der Waals surface area (Å²) in [5, 5.41) is 19.2. The number of carbonyl (C=O) groups is 1. The van der Waals surface area contributed by atoms with E-state index in [1.165, 1.54) is 0 Å². The standard InChI is InChI=1S/C8H13NO4/c1-8(7(10)11)4-2-3-6(8)5-9(12)13/h6H,2-5H2,1H3,(H,10,11)/t6-,8+/m0/s1. The van der Waals surface area contributed by atoms with Crippen molar-refractivity contribution < 1.29 is 14.8 Å². The highest BCUT2D eigenvalue weighted by molar-refractivity contribution is 5.75. The summed E-state index contributed by atoms with van der Waals surface area (Å²) in [7, 11) is 0. The monoisotopic (exact) mass is 187 g/mol. The maximum atomic E-state index is 10.9. The van der Waals surface area contributed by atoms with Crippen molar-refractivity contribution in [2.24, 2.45) is 11.3 Å². The summed E-state index contributed by atoms with van der Waals surface area (Å²) >= 11 is 0. The summed E-state index contributed by atoms with van der Waals surface area (Å²) in [6, 6.07) is 0. The molecule has 0 bridgehead atoms. The van der Waals surface area contributed by atoms with E-state index in [4.69, 9.17) is 5.11 Å². The zero-order chi connectivity index (χ0) is 10.1. The van der Waals surface area contributed by atoms with Gasteiger partial charge in [0.05, 0.1) is 5.41 Å². The van der Waals surface area contributed by atoms with Gasteiger partial charge in [-0.05, 0) is 19.8 Å². The van der Waals surface area contributed by atoms with E-state index in [0.717, 1.165) is 6.42 Å². The number of rotatable bonds is 3. The predicted octanol–water partition coefficient (Wildman–Crippen LogP) is 1.15. The van der Waals surface area contributed by atoms with Crippen molar-refractivity contribution in [1.29, 1.82) is 0 Å². The number of hydrogen-bond donors (Lipinski definition) is 1. The molecule has 0 heterocycles. The fourth-order valence-corrected chi connectivity index (χ4v) is 1.99. The zero-order valence-corrected chi connectivity index (χ0v) is 7.52. The van der Waals surface area contributed by atoms with Gasteiger partial charge in [-0.2, -0.15) is 0 Å². The average molecular weight is 187 g/mol. The molecule has 1 aliphatic carbocycles. The predicted molar refractivity (Wildman–Crippen MR) is 44.9 cm³/mol. The maximum absolute atomic E-state index is 10.9. The lowest BCUT2D eigenvalue weighted by atomic mass is 9.80. The van der Waals surface area contributed by atoms with Gasteiger partial charge >= 0.3 is 5.97 Å². The Morgan fingerprint density at radius 3 is 2.85 bits per heavy atom. The van der Waals surface area contributed by atoms with Crippen molar-refractivity contribution in [3.05, 3.63) is 10.1 Å². The van der Waals surface area contributed by atoms with Crippen LogP contribution in [0.3, 0.4) is 0 Å². The van der Waals surface area contributed by atoms with E-state index in [9.17, 15) is 14.9 Å². The highest BCUT2D eigenvalue weighted by Gasteiger charge is 2.47. The van der Waals surface area contributed by atoms with E-state index in [0.29, 0.717) is 12.8 Å². The lowest BCUT2D eigenvalue weighted by molar-refractivity contribution is -0.490. The van der Waals surface area contributed by atoms with Crippen LogP contribution in [0.2, 0.25) is 0 Å². The third kappa shape index (κ3) is 1.79. The molecule has 0 saturated heterocycles. The van der Waals surface area contributed by atoms with Gasteiger partial charge in [-0.3, -0.25) is 14.9 Å². The van der Waals surface area contributed by atoms with Gasteiger partial charge in [-0.15, -0.1) is 0 Å². The molecule has 0 unspecified atom stereocenters. The van der Waals surface area contributed by atoms with Gasteiger partial charge in [0, 0.05) is 10.8 Å². The highest BCUT2D eigenvalue weighted by atomic mass is 16.6. The Hall–Kier alpha value is -1.13. The van der Waals surface area contributed by atoms with Crippen molar-refractivity contribution in [2.45, 2.75) is 26.2 Å². The summed E-state index contributed by atoms with van der Waals surface area (Å²) in [4.78, 5) is 20.8. The first-order valence-corrected chi connectivity index (χ1v) is 4.32. The Kier molecular flexibility index (Phi) is 2.54. The molecule has 0 aromatic heterocycles. The molecule has 0 aromatic carbocycles. The molecular formula is C8H13NO4. The zero-order valence-electron chi connectivity index (χ0n) is 7.52. The van der Waals surface area contributed by atoms with Crippen molar-refractivity contribution in [3.63, 3.8) is 0 Å². The third-order valence-corrected chi connectivity index (χ3v) is 3.01. The SMILES string of the molecule is C[C@@]1(C(=O)O)CCC[C@H]1C[N+](=O)[O-]. The maximum Gasteiger partial charge on any atom is 0.309 e. The molecule has 0 aliphatic heterocycles. The minimum Gasteiger partial charge on any atom is -0.481 e. The number of nitrogens with zero attached hydrogens (tertiary/aromatic N) is 1. The van der Waals surface area contributed by atoms with Crippen LogP contribution in [0.5, 0.6) is 0 Å². The Morgan fingerprint density at radius 1 is 1.77 bits per heavy atom. The van der Waals surface area contributed by atoms with Crippen molar-refractivity contribution >= 4 is 5.97 Å². The van der Waals surface area contributed by atoms with Crippen LogP contribution in [-0.4, -0.2) is 22.5 Å². The normalized spacial score (nSPS) is 33.2. The number of carboxylic acids is 1. The molecule has 1 N–H and O–H groups in total. The van der Waals surface area contributed by atoms with Crippen LogP contribution in [0.15, 0.2) is 0 Å². The topological polar surface area (TPSA) is 80.4 Å². The van der Waals surface area contributed by atoms with E-state index in [-0.39, 0.29) is 12.5 Å². The molecule has 74 valence electrons. The largest absolute Gasteiger partial charge is 0.481 e. The summed E-state index contributed by atoms with van der Waals surface area (Å²) in [5.41, 5.74) is -0.882. The molecule has 13 heavy (non-hydrogen) atoms. The third-order valence-electron chi connectivity index (χ3n) is 3.01. The number of aliphatic carboxylic acids is 1. The van der Waals surface area contributed by atoms with Crippen LogP contribution in [0.4, 0.5) is 0 Å². The van der Waals surface area contributed by atoms with Gasteiger partial charge in [0.25, 0.3) is 0 Å². The summed E-state index contributed by atoms with van der Waals surface area (Å²) in [5.74, 6) is -1.21. The van der Waals surface area contributed by atoms with Crippen LogP contribution < -0.4 is 0 Å². The fraction of sp³-hybridized carbons (Fsp3) is 0.875. The molecule has 1 rings (SSSR count). The van der Waals surface area contributed by atoms with Crippen LogP contribution in [-0.2, 0) is 4.79 Å². The Labute approximate surface area is 75.9 Å². The summed E-state index contributed by atoms with van der Waals surface area (Å²) < 4.78 is 0. The van der Waals surface area contributed by atoms with E-state index in [1.807, 2.05) is 0 Å². The van der Waals surface area contributed by atoms with Crippen LogP contribution in [0, 0.1) is 21.4 Å². The number of carboxylic acid groups (broad SMARTS) is 1. The second-order valence-electron chi connectivity index (χ2n) is 3.83. The van der Waals surface area contributed by atoms with Crippen molar-refractivity contribution in [1.82, 2.24) is 0 Å². The second-order valence-corrected chi connectivity index (χ2v) is 3.83. The second kappa shape index (κ2) is 3.32. The van der Waals surface area contributed by atoms with Crippen LogP contribution in [0.25, 0.3) is 0 Å². The number of nitro groups is 1. The fourth-order valence-electron chi connectivity index (χ4n) is 1.99. The first kappa shape index (κ1) is 9.95. The van der Waals surface area contributed by atoms with E-state index in [1.54, 1.807) is 6.92 Å². The molecule has 0 radical (unpaired) electrons. The summed E-state index contributed by atoms with van der Waals surface area (Å²) in [6.45, 7) is 1.39. The first-order valence-electron chi connectivity index (χ1n) is 4.32. The van der Waals surface area contributed by atoms with Gasteiger partial charge in [-0.1, -0.05) is 6.42 Å². The quantitative estimate of drug-likeness (QED) is 0.531. The molecule has 1 saturated carbocycles. The van der Waals surface area contributed by atoms with Gasteiger partial charge in [0.15, 0.2) is 0 Å². The Morgan fingerprint density at radius 2 is 2.38 bits per heavy atom. The summed E-state index contributed by atoms with van der Waals surface area (Å²) in [6.07, 6.45) is 1.99. The van der Waals surface area contributed by atoms with E-state index < -0.39 is 16.3 Å². The lowest BCUT2D eigenvalue weighted by Crippen LogP contribution is -2.35. The minimum absolute atomic E-state index is 0.219. The van der Waals surface area contributed by atoms with E-state index >= 15 is 0 Å². The molecule has 0 amide bonds. The Balaban J connectivity index is 2.73. The van der Waals surface area contributed by atoms with Gasteiger partial charge in [0.2, 0.25) is 6.54 Å². The Bertz CT molecular complexity index is 240. The van der Waals surface area contributed by atoms with E-state index in [2.05, 4.69) is 0 Å². The molecule has 0 aromatic rings. The molecule has 1 fully saturated rings. The lowest BCUT2D eigenvalue weighted by Gasteiger charge is -2.23. The molecule has 5 heteroatoms. The van der Waals surface area contributed by atoms with Crippen LogP contribution in [0.1, 0.15) is 26.2 Å². The van der Waals surface area contributed by atoms with Gasteiger partial charge < -0.3 is 5.11 Å². The van der Waals surface area contributed by atoms with Gasteiger partial charge in [-0.25, -0.2) is 0 Å². The molecule has 5 nitrogen and oxygen atoms in total. The average Bonchev–Trinajstić information content (AvgIpc) is 2.33. The van der Waals surface area contributed by atoms with Crippen LogP contribution >= 0.6 is 0 Å². The van der Waals surface area contributed by atoms with Gasteiger partial charge in [0.1, 0.15) is 0 Å². The molecule has 1 aliphatic rings. The first-order chi connectivity index (χ1) is 5.97. The minimum atomic E-state index is -0.906. The molecular weight excluding hydrogens is 174 g/mol. The molecule has 0 spiro atoms. The molecule has 2 atom stereocenters. The highest BCUT2D eigenvalue weighted by Crippen LogP contribution is 2.43.